The number of rotatable bonds is 3. The van der Waals surface area contributed by atoms with Crippen LogP contribution in [0.2, 0.25) is 5.02 Å². The van der Waals surface area contributed by atoms with Crippen molar-refractivity contribution in [3.05, 3.63) is 67.6 Å². The van der Waals surface area contributed by atoms with Gasteiger partial charge in [0.25, 0.3) is 11.2 Å². The van der Waals surface area contributed by atoms with Gasteiger partial charge < -0.3 is 4.90 Å². The molecule has 3 aromatic rings. The number of aromatic nitrogens is 2. The molecule has 0 unspecified atom stereocenters. The minimum absolute atomic E-state index is 0.130. The summed E-state index contributed by atoms with van der Waals surface area (Å²) >= 11 is 6.33. The van der Waals surface area contributed by atoms with Crippen LogP contribution in [0.5, 0.6) is 0 Å². The highest BCUT2D eigenvalue weighted by molar-refractivity contribution is 6.33. The normalized spacial score (nSPS) is 14.1. The average Bonchev–Trinajstić information content (AvgIpc) is 3.19. The third-order valence-electron chi connectivity index (χ3n) is 4.91. The van der Waals surface area contributed by atoms with E-state index in [1.54, 1.807) is 25.1 Å². The Hall–Kier alpha value is -2.93. The van der Waals surface area contributed by atoms with E-state index < -0.39 is 10.5 Å². The quantitative estimate of drug-likeness (QED) is 0.506. The Balaban J connectivity index is 2.01. The van der Waals surface area contributed by atoms with Crippen molar-refractivity contribution in [1.29, 1.82) is 0 Å². The van der Waals surface area contributed by atoms with Gasteiger partial charge in [-0.15, -0.1) is 0 Å². The monoisotopic (exact) mass is 384 g/mol. The zero-order chi connectivity index (χ0) is 19.1. The summed E-state index contributed by atoms with van der Waals surface area (Å²) in [5.74, 6) is 0. The predicted molar refractivity (Wildman–Crippen MR) is 105 cm³/mol. The molecule has 0 bridgehead atoms. The minimum Gasteiger partial charge on any atom is -0.370 e. The van der Waals surface area contributed by atoms with Crippen molar-refractivity contribution < 1.29 is 4.92 Å². The molecule has 27 heavy (non-hydrogen) atoms. The van der Waals surface area contributed by atoms with Gasteiger partial charge in [0.2, 0.25) is 0 Å². The highest BCUT2D eigenvalue weighted by Crippen LogP contribution is 2.36. The second-order valence-corrected chi connectivity index (χ2v) is 7.00. The fourth-order valence-corrected chi connectivity index (χ4v) is 3.85. The van der Waals surface area contributed by atoms with Crippen LogP contribution < -0.4 is 10.5 Å². The Morgan fingerprint density at radius 2 is 1.78 bits per heavy atom. The number of nitro benzene ring substituents is 1. The van der Waals surface area contributed by atoms with Crippen LogP contribution in [0.1, 0.15) is 18.5 Å². The molecule has 0 amide bonds. The molecule has 138 valence electrons. The summed E-state index contributed by atoms with van der Waals surface area (Å²) in [5.41, 5.74) is 0.804. The first kappa shape index (κ1) is 17.5. The van der Waals surface area contributed by atoms with Crippen LogP contribution in [-0.2, 0) is 0 Å². The summed E-state index contributed by atoms with van der Waals surface area (Å²) in [6.45, 7) is 3.44. The van der Waals surface area contributed by atoms with Crippen molar-refractivity contribution in [2.45, 2.75) is 19.8 Å². The predicted octanol–water partition coefficient (Wildman–Crippen LogP) is 3.86. The van der Waals surface area contributed by atoms with E-state index >= 15 is 0 Å². The van der Waals surface area contributed by atoms with Crippen molar-refractivity contribution in [1.82, 2.24) is 9.78 Å². The van der Waals surface area contributed by atoms with Gasteiger partial charge in [-0.1, -0.05) is 29.8 Å². The number of anilines is 1. The van der Waals surface area contributed by atoms with Gasteiger partial charge >= 0.3 is 0 Å². The summed E-state index contributed by atoms with van der Waals surface area (Å²) in [5, 5.41) is 17.5. The molecule has 0 N–H and O–H groups in total. The molecule has 0 radical (unpaired) electrons. The van der Waals surface area contributed by atoms with Crippen LogP contribution in [0.25, 0.3) is 16.5 Å². The number of halogens is 1. The van der Waals surface area contributed by atoms with Crippen LogP contribution >= 0.6 is 11.6 Å². The van der Waals surface area contributed by atoms with Gasteiger partial charge in [0.1, 0.15) is 5.69 Å². The number of hydrogen-bond acceptors (Lipinski definition) is 5. The fraction of sp³-hybridized carbons (Fsp3) is 0.263. The lowest BCUT2D eigenvalue weighted by Crippen LogP contribution is -2.24. The van der Waals surface area contributed by atoms with Gasteiger partial charge in [0.15, 0.2) is 0 Å². The lowest BCUT2D eigenvalue weighted by Gasteiger charge is -2.20. The first-order chi connectivity index (χ1) is 13.0. The molecule has 1 aliphatic heterocycles. The Kier molecular flexibility index (Phi) is 4.31. The SMILES string of the molecule is Cc1nn(-c2cc(N3CCCC3)c(Cl)cc2[N+](=O)[O-])c(=O)c2ccccc12. The summed E-state index contributed by atoms with van der Waals surface area (Å²) in [6.07, 6.45) is 2.08. The molecule has 2 aromatic carbocycles. The maximum Gasteiger partial charge on any atom is 0.296 e. The molecular formula is C19H17ClN4O3. The largest absolute Gasteiger partial charge is 0.370 e. The van der Waals surface area contributed by atoms with Crippen LogP contribution in [0.3, 0.4) is 0 Å². The number of nitro groups is 1. The Morgan fingerprint density at radius 1 is 1.11 bits per heavy atom. The summed E-state index contributed by atoms with van der Waals surface area (Å²) < 4.78 is 1.12. The molecule has 0 aliphatic carbocycles. The van der Waals surface area contributed by atoms with E-state index in [2.05, 4.69) is 10.00 Å². The molecule has 1 saturated heterocycles. The van der Waals surface area contributed by atoms with Crippen molar-refractivity contribution >= 4 is 33.7 Å². The number of benzene rings is 2. The van der Waals surface area contributed by atoms with Crippen LogP contribution in [0, 0.1) is 17.0 Å². The minimum atomic E-state index is -0.534. The second-order valence-electron chi connectivity index (χ2n) is 6.59. The van der Waals surface area contributed by atoms with Crippen molar-refractivity contribution in [3.63, 3.8) is 0 Å². The fourth-order valence-electron chi connectivity index (χ4n) is 3.57. The van der Waals surface area contributed by atoms with Gasteiger partial charge in [-0.25, -0.2) is 0 Å². The zero-order valence-corrected chi connectivity index (χ0v) is 15.4. The first-order valence-electron chi connectivity index (χ1n) is 8.69. The Labute approximate surface area is 159 Å². The third-order valence-corrected chi connectivity index (χ3v) is 5.21. The molecule has 8 heteroatoms. The van der Waals surface area contributed by atoms with Crippen molar-refractivity contribution in [3.8, 4) is 5.69 Å². The first-order valence-corrected chi connectivity index (χ1v) is 9.07. The maximum absolute atomic E-state index is 13.0. The molecule has 1 fully saturated rings. The molecule has 0 atom stereocenters. The molecule has 0 spiro atoms. The van der Waals surface area contributed by atoms with E-state index in [0.29, 0.717) is 21.8 Å². The van der Waals surface area contributed by atoms with E-state index in [1.165, 1.54) is 6.07 Å². The zero-order valence-electron chi connectivity index (χ0n) is 14.7. The maximum atomic E-state index is 13.0. The smallest absolute Gasteiger partial charge is 0.296 e. The summed E-state index contributed by atoms with van der Waals surface area (Å²) in [4.78, 5) is 26.2. The van der Waals surface area contributed by atoms with Crippen LogP contribution in [0.4, 0.5) is 11.4 Å². The molecular weight excluding hydrogens is 368 g/mol. The van der Waals surface area contributed by atoms with Crippen LogP contribution in [0.15, 0.2) is 41.2 Å². The topological polar surface area (TPSA) is 81.3 Å². The molecule has 7 nitrogen and oxygen atoms in total. The molecule has 4 rings (SSSR count). The van der Waals surface area contributed by atoms with E-state index in [9.17, 15) is 14.9 Å². The Bertz CT molecular complexity index is 1120. The number of fused-ring (bicyclic) bond motifs is 1. The molecule has 1 aromatic heterocycles. The van der Waals surface area contributed by atoms with Crippen molar-refractivity contribution in [2.75, 3.05) is 18.0 Å². The van der Waals surface area contributed by atoms with Crippen LogP contribution in [-0.4, -0.2) is 27.8 Å². The van der Waals surface area contributed by atoms with E-state index in [1.807, 2.05) is 12.1 Å². The molecule has 0 saturated carbocycles. The number of nitrogens with zero attached hydrogens (tertiary/aromatic N) is 4. The summed E-state index contributed by atoms with van der Waals surface area (Å²) in [7, 11) is 0. The van der Waals surface area contributed by atoms with Crippen molar-refractivity contribution in [2.24, 2.45) is 0 Å². The van der Waals surface area contributed by atoms with Gasteiger partial charge in [-0.05, 0) is 31.9 Å². The Morgan fingerprint density at radius 3 is 2.44 bits per heavy atom. The number of hydrogen-bond donors (Lipinski definition) is 0. The summed E-state index contributed by atoms with van der Waals surface area (Å²) in [6, 6.07) is 10.0. The highest BCUT2D eigenvalue weighted by Gasteiger charge is 2.25. The molecule has 2 heterocycles. The molecule has 1 aliphatic rings. The van der Waals surface area contributed by atoms with E-state index in [-0.39, 0.29) is 11.4 Å². The standard InChI is InChI=1S/C19H17ClN4O3/c1-12-13-6-2-3-7-14(13)19(25)23(21-12)17-11-16(22-8-4-5-9-22)15(20)10-18(17)24(26)27/h2-3,6-7,10-11H,4-5,8-9H2,1H3. The van der Waals surface area contributed by atoms with Gasteiger partial charge in [-0.3, -0.25) is 14.9 Å². The second kappa shape index (κ2) is 6.66. The lowest BCUT2D eigenvalue weighted by atomic mass is 10.1. The van der Waals surface area contributed by atoms with Gasteiger partial charge in [0, 0.05) is 24.5 Å². The van der Waals surface area contributed by atoms with Gasteiger partial charge in [-0.2, -0.15) is 9.78 Å². The number of aryl methyl sites for hydroxylation is 1. The average molecular weight is 385 g/mol. The van der Waals surface area contributed by atoms with E-state index in [0.717, 1.165) is 36.0 Å². The highest BCUT2D eigenvalue weighted by atomic mass is 35.5. The van der Waals surface area contributed by atoms with Gasteiger partial charge in [0.05, 0.1) is 26.7 Å². The van der Waals surface area contributed by atoms with E-state index in [4.69, 9.17) is 11.6 Å². The third kappa shape index (κ3) is 2.94. The lowest BCUT2D eigenvalue weighted by molar-refractivity contribution is -0.384.